The van der Waals surface area contributed by atoms with Crippen LogP contribution in [0.2, 0.25) is 0 Å². The summed E-state index contributed by atoms with van der Waals surface area (Å²) in [5, 5.41) is 8.74. The molecule has 0 unspecified atom stereocenters. The lowest BCUT2D eigenvalue weighted by atomic mass is 10.2. The minimum Gasteiger partial charge on any atom is -0.395 e. The summed E-state index contributed by atoms with van der Waals surface area (Å²) in [6.07, 6.45) is 0. The van der Waals surface area contributed by atoms with Gasteiger partial charge in [0.05, 0.1) is 6.61 Å². The molecule has 66 valence electrons. The fourth-order valence-corrected chi connectivity index (χ4v) is 2.62. The summed E-state index contributed by atoms with van der Waals surface area (Å²) >= 11 is 2.03. The van der Waals surface area contributed by atoms with Crippen molar-refractivity contribution in [3.8, 4) is 0 Å². The average Bonchev–Trinajstić information content (AvgIpc) is 1.85. The van der Waals surface area contributed by atoms with Gasteiger partial charge in [0, 0.05) is 30.1 Å². The zero-order valence-corrected chi connectivity index (χ0v) is 8.15. The lowest BCUT2D eigenvalue weighted by Gasteiger charge is -2.37. The minimum absolute atomic E-state index is 0.292. The number of β-amino-alcohol motifs (C(OH)–C–C–N with tert-alkyl or cyclic N) is 1. The Hall–Kier alpha value is 0.270. The molecule has 0 aromatic rings. The smallest absolute Gasteiger partial charge is 0.0558 e. The summed E-state index contributed by atoms with van der Waals surface area (Å²) in [5.41, 5.74) is 0. The predicted octanol–water partition coefficient (Wildman–Crippen LogP) is 0.806. The van der Waals surface area contributed by atoms with Gasteiger partial charge in [-0.15, -0.1) is 0 Å². The first-order valence-electron chi connectivity index (χ1n) is 4.11. The molecule has 1 rings (SSSR count). The van der Waals surface area contributed by atoms with Crippen molar-refractivity contribution in [2.45, 2.75) is 18.6 Å². The number of rotatable bonds is 2. The third-order valence-corrected chi connectivity index (χ3v) is 3.22. The van der Waals surface area contributed by atoms with E-state index in [0.717, 1.165) is 19.6 Å². The maximum absolute atomic E-state index is 8.74. The molecule has 0 aliphatic carbocycles. The third kappa shape index (κ3) is 3.01. The first-order chi connectivity index (χ1) is 5.14. The molecule has 0 aromatic heterocycles. The van der Waals surface area contributed by atoms with Crippen molar-refractivity contribution in [1.29, 1.82) is 0 Å². The van der Waals surface area contributed by atoms with Crippen LogP contribution in [0.25, 0.3) is 0 Å². The topological polar surface area (TPSA) is 23.5 Å². The normalized spacial score (nSPS) is 25.4. The Labute approximate surface area is 73.0 Å². The monoisotopic (exact) mass is 175 g/mol. The maximum Gasteiger partial charge on any atom is 0.0558 e. The van der Waals surface area contributed by atoms with Crippen molar-refractivity contribution in [3.63, 3.8) is 0 Å². The second kappa shape index (κ2) is 3.78. The molecule has 0 bridgehead atoms. The van der Waals surface area contributed by atoms with Gasteiger partial charge in [0.1, 0.15) is 0 Å². The number of hydrogen-bond acceptors (Lipinski definition) is 3. The van der Waals surface area contributed by atoms with Crippen LogP contribution in [-0.2, 0) is 0 Å². The van der Waals surface area contributed by atoms with Crippen molar-refractivity contribution >= 4 is 11.8 Å². The molecule has 3 heteroatoms. The Balaban J connectivity index is 2.34. The molecule has 0 radical (unpaired) electrons. The van der Waals surface area contributed by atoms with E-state index in [0.29, 0.717) is 11.4 Å². The first-order valence-corrected chi connectivity index (χ1v) is 5.10. The van der Waals surface area contributed by atoms with Crippen molar-refractivity contribution in [1.82, 2.24) is 4.90 Å². The second-order valence-electron chi connectivity index (χ2n) is 3.61. The fourth-order valence-electron chi connectivity index (χ4n) is 1.45. The molecule has 1 saturated heterocycles. The van der Waals surface area contributed by atoms with Crippen LogP contribution in [0, 0.1) is 0 Å². The Morgan fingerprint density at radius 3 is 2.82 bits per heavy atom. The molecule has 1 N–H and O–H groups in total. The van der Waals surface area contributed by atoms with Crippen molar-refractivity contribution in [2.75, 3.05) is 32.0 Å². The highest BCUT2D eigenvalue weighted by atomic mass is 32.2. The van der Waals surface area contributed by atoms with E-state index in [2.05, 4.69) is 18.7 Å². The van der Waals surface area contributed by atoms with Crippen LogP contribution in [0.3, 0.4) is 0 Å². The van der Waals surface area contributed by atoms with E-state index >= 15 is 0 Å². The molecule has 1 heterocycles. The average molecular weight is 175 g/mol. The zero-order valence-electron chi connectivity index (χ0n) is 7.34. The summed E-state index contributed by atoms with van der Waals surface area (Å²) in [5.74, 6) is 1.20. The number of aliphatic hydroxyl groups excluding tert-OH is 1. The SMILES string of the molecule is CC1(C)CN(CCO)CCS1. The van der Waals surface area contributed by atoms with E-state index in [1.807, 2.05) is 11.8 Å². The Kier molecular flexibility index (Phi) is 3.22. The summed E-state index contributed by atoms with van der Waals surface area (Å²) in [7, 11) is 0. The maximum atomic E-state index is 8.74. The van der Waals surface area contributed by atoms with E-state index in [4.69, 9.17) is 5.11 Å². The van der Waals surface area contributed by atoms with E-state index in [1.54, 1.807) is 0 Å². The molecule has 0 aromatic carbocycles. The van der Waals surface area contributed by atoms with Gasteiger partial charge in [-0.05, 0) is 13.8 Å². The van der Waals surface area contributed by atoms with Crippen LogP contribution in [0.5, 0.6) is 0 Å². The Morgan fingerprint density at radius 2 is 2.27 bits per heavy atom. The van der Waals surface area contributed by atoms with Crippen LogP contribution >= 0.6 is 11.8 Å². The summed E-state index contributed by atoms with van der Waals surface area (Å²) in [4.78, 5) is 2.33. The van der Waals surface area contributed by atoms with Gasteiger partial charge in [0.25, 0.3) is 0 Å². The van der Waals surface area contributed by atoms with E-state index in [1.165, 1.54) is 5.75 Å². The van der Waals surface area contributed by atoms with Gasteiger partial charge in [-0.25, -0.2) is 0 Å². The van der Waals surface area contributed by atoms with Crippen LogP contribution < -0.4 is 0 Å². The van der Waals surface area contributed by atoms with Crippen LogP contribution in [0.4, 0.5) is 0 Å². The quantitative estimate of drug-likeness (QED) is 0.672. The summed E-state index contributed by atoms with van der Waals surface area (Å²) in [6, 6.07) is 0. The largest absolute Gasteiger partial charge is 0.395 e. The standard InChI is InChI=1S/C8H17NOS/c1-8(2)7-9(3-5-10)4-6-11-8/h10H,3-7H2,1-2H3. The van der Waals surface area contributed by atoms with Crippen molar-refractivity contribution in [3.05, 3.63) is 0 Å². The molecule has 0 spiro atoms. The van der Waals surface area contributed by atoms with E-state index in [-0.39, 0.29) is 0 Å². The van der Waals surface area contributed by atoms with Gasteiger partial charge in [0.15, 0.2) is 0 Å². The molecular weight excluding hydrogens is 158 g/mol. The number of nitrogens with zero attached hydrogens (tertiary/aromatic N) is 1. The van der Waals surface area contributed by atoms with Crippen LogP contribution in [0.15, 0.2) is 0 Å². The van der Waals surface area contributed by atoms with Crippen molar-refractivity contribution in [2.24, 2.45) is 0 Å². The second-order valence-corrected chi connectivity index (χ2v) is 5.41. The van der Waals surface area contributed by atoms with Crippen LogP contribution in [-0.4, -0.2) is 46.7 Å². The first kappa shape index (κ1) is 9.36. The molecule has 0 amide bonds. The van der Waals surface area contributed by atoms with Gasteiger partial charge in [0.2, 0.25) is 0 Å². The van der Waals surface area contributed by atoms with Gasteiger partial charge in [-0.3, -0.25) is 4.90 Å². The number of thioether (sulfide) groups is 1. The highest BCUT2D eigenvalue weighted by Crippen LogP contribution is 2.28. The highest BCUT2D eigenvalue weighted by Gasteiger charge is 2.26. The third-order valence-electron chi connectivity index (χ3n) is 1.92. The predicted molar refractivity (Wildman–Crippen MR) is 50.1 cm³/mol. The molecule has 0 atom stereocenters. The zero-order chi connectivity index (χ0) is 8.32. The van der Waals surface area contributed by atoms with Gasteiger partial charge in [-0.1, -0.05) is 0 Å². The summed E-state index contributed by atoms with van der Waals surface area (Å²) in [6.45, 7) is 7.90. The molecule has 11 heavy (non-hydrogen) atoms. The van der Waals surface area contributed by atoms with Gasteiger partial charge < -0.3 is 5.11 Å². The van der Waals surface area contributed by atoms with E-state index in [9.17, 15) is 0 Å². The molecule has 2 nitrogen and oxygen atoms in total. The van der Waals surface area contributed by atoms with Gasteiger partial charge >= 0.3 is 0 Å². The van der Waals surface area contributed by atoms with Crippen molar-refractivity contribution < 1.29 is 5.11 Å². The lowest BCUT2D eigenvalue weighted by molar-refractivity contribution is 0.190. The number of hydrogen-bond donors (Lipinski definition) is 1. The number of aliphatic hydroxyl groups is 1. The molecule has 0 saturated carbocycles. The Bertz CT molecular complexity index is 125. The molecule has 1 aliphatic heterocycles. The van der Waals surface area contributed by atoms with Gasteiger partial charge in [-0.2, -0.15) is 11.8 Å². The van der Waals surface area contributed by atoms with Crippen LogP contribution in [0.1, 0.15) is 13.8 Å². The van der Waals surface area contributed by atoms with E-state index < -0.39 is 0 Å². The minimum atomic E-state index is 0.292. The molecule has 1 fully saturated rings. The fraction of sp³-hybridized carbons (Fsp3) is 1.00. The molecular formula is C8H17NOS. The lowest BCUT2D eigenvalue weighted by Crippen LogP contribution is -2.44. The summed E-state index contributed by atoms with van der Waals surface area (Å²) < 4.78 is 0.382. The Morgan fingerprint density at radius 1 is 1.55 bits per heavy atom. The highest BCUT2D eigenvalue weighted by molar-refractivity contribution is 8.00. The molecule has 1 aliphatic rings.